The van der Waals surface area contributed by atoms with Crippen molar-refractivity contribution in [2.45, 2.75) is 16.6 Å². The molecule has 0 aromatic heterocycles. The van der Waals surface area contributed by atoms with Crippen LogP contribution < -0.4 is 0 Å². The van der Waals surface area contributed by atoms with Crippen molar-refractivity contribution < 1.29 is 91.2 Å². The first kappa shape index (κ1) is 33.8. The summed E-state index contributed by atoms with van der Waals surface area (Å²) < 4.78 is 69.7. The van der Waals surface area contributed by atoms with Crippen LogP contribution in [0.2, 0.25) is 0 Å². The van der Waals surface area contributed by atoms with E-state index >= 15 is 0 Å². The molecule has 0 rings (SSSR count). The molecule has 0 saturated carbocycles. The van der Waals surface area contributed by atoms with Crippen LogP contribution in [0.4, 0.5) is 0 Å². The summed E-state index contributed by atoms with van der Waals surface area (Å²) in [6.07, 6.45) is 0. The van der Waals surface area contributed by atoms with Crippen molar-refractivity contribution in [3.8, 4) is 0 Å². The average molecular weight is 612 g/mol. The molecule has 0 aliphatic rings. The summed E-state index contributed by atoms with van der Waals surface area (Å²) >= 11 is 0. The Hall–Kier alpha value is 0.780. The van der Waals surface area contributed by atoms with Crippen molar-refractivity contribution in [1.82, 2.24) is 9.80 Å². The van der Waals surface area contributed by atoms with Gasteiger partial charge in [-0.25, -0.2) is 0 Å². The van der Waals surface area contributed by atoms with Crippen LogP contribution in [0.25, 0.3) is 0 Å². The van der Waals surface area contributed by atoms with E-state index in [4.69, 9.17) is 19.6 Å². The topological polar surface area (TPSA) is 372 Å². The molecule has 0 spiro atoms. The van der Waals surface area contributed by atoms with Gasteiger partial charge in [0.25, 0.3) is 0 Å². The van der Waals surface area contributed by atoms with E-state index in [2.05, 4.69) is 0 Å². The van der Waals surface area contributed by atoms with Crippen LogP contribution in [0.3, 0.4) is 0 Å². The van der Waals surface area contributed by atoms with Gasteiger partial charge in [0.2, 0.25) is 16.6 Å². The van der Waals surface area contributed by atoms with Gasteiger partial charge in [0.1, 0.15) is 0 Å². The zero-order valence-electron chi connectivity index (χ0n) is 15.7. The Balaban J connectivity index is 6.83. The zero-order chi connectivity index (χ0) is 27.0. The minimum Gasteiger partial charge on any atom is -0.381 e. The molecule has 0 aliphatic heterocycles. The van der Waals surface area contributed by atoms with E-state index in [1.54, 1.807) is 0 Å². The number of aliphatic hydroxyl groups is 1. The molecule has 0 amide bonds. The first-order valence-electron chi connectivity index (χ1n) is 7.58. The van der Waals surface area contributed by atoms with Crippen molar-refractivity contribution in [3.05, 3.63) is 0 Å². The average Bonchev–Trinajstić information content (AvgIpc) is 2.41. The lowest BCUT2D eigenvalue weighted by atomic mass is 10.5. The molecule has 0 atom stereocenters. The van der Waals surface area contributed by atoms with Crippen LogP contribution in [0.15, 0.2) is 0 Å². The van der Waals surface area contributed by atoms with Crippen molar-refractivity contribution in [2.24, 2.45) is 0 Å². The van der Waals surface area contributed by atoms with Gasteiger partial charge in [0, 0.05) is 13.1 Å². The highest BCUT2D eigenvalue weighted by molar-refractivity contribution is 7.72. The molecule has 0 heterocycles. The molecule has 0 fully saturated rings. The summed E-state index contributed by atoms with van der Waals surface area (Å²) in [4.78, 5) is 110. The lowest BCUT2D eigenvalue weighted by Crippen LogP contribution is -2.48. The van der Waals surface area contributed by atoms with Crippen molar-refractivity contribution in [2.75, 3.05) is 19.8 Å². The summed E-state index contributed by atoms with van der Waals surface area (Å²) in [6, 6.07) is 0. The largest absolute Gasteiger partial charge is 0.381 e. The van der Waals surface area contributed by atoms with E-state index in [0.29, 0.717) is 0 Å². The molecule has 0 radical (unpaired) electrons. The van der Waals surface area contributed by atoms with Gasteiger partial charge < -0.3 is 63.8 Å². The quantitative estimate of drug-likeness (QED) is 0.0707. The molecule has 0 unspecified atom stereocenters. The fourth-order valence-electron chi connectivity index (χ4n) is 2.64. The molecule has 13 N–H and O–H groups in total. The molecule has 0 aromatic rings. The molecule has 0 aromatic carbocycles. The minimum absolute atomic E-state index is 0.207. The van der Waals surface area contributed by atoms with Crippen molar-refractivity contribution >= 4 is 45.6 Å². The molecule has 33 heavy (non-hydrogen) atoms. The summed E-state index contributed by atoms with van der Waals surface area (Å²) in [6.45, 7) is -4.87. The lowest BCUT2D eigenvalue weighted by Gasteiger charge is -2.39. The van der Waals surface area contributed by atoms with Gasteiger partial charge in [-0.05, 0) is 0 Å². The second kappa shape index (κ2) is 11.0. The number of nitrogens with zero attached hydrogens (tertiary/aromatic N) is 2. The summed E-state index contributed by atoms with van der Waals surface area (Å²) in [7, 11) is -36.5. The highest BCUT2D eigenvalue weighted by Crippen LogP contribution is 2.69. The first-order valence-corrected chi connectivity index (χ1v) is 17.7. The van der Waals surface area contributed by atoms with Crippen LogP contribution in [0, 0.1) is 0 Å². The Kier molecular flexibility index (Phi) is 11.3. The normalized spacial score (nSPS) is 15.5. The molecular weight excluding hydrogens is 590 g/mol. The monoisotopic (exact) mass is 612 g/mol. The third-order valence-corrected chi connectivity index (χ3v) is 14.4. The summed E-state index contributed by atoms with van der Waals surface area (Å²) in [5.74, 6) is 0. The molecule has 0 saturated heterocycles. The Morgan fingerprint density at radius 3 is 0.879 bits per heavy atom. The Bertz CT molecular complexity index is 847. The molecule has 0 bridgehead atoms. The smallest absolute Gasteiger partial charge is 0.355 e. The van der Waals surface area contributed by atoms with Crippen LogP contribution in [-0.2, 0) is 27.4 Å². The molecular formula is C6H22N2O19P6. The van der Waals surface area contributed by atoms with Gasteiger partial charge in [-0.1, -0.05) is 0 Å². The molecule has 27 heteroatoms. The fourth-order valence-corrected chi connectivity index (χ4v) is 11.5. The number of hydrogen-bond acceptors (Lipinski definition) is 9. The van der Waals surface area contributed by atoms with Gasteiger partial charge in [0.15, 0.2) is 0 Å². The van der Waals surface area contributed by atoms with E-state index < -0.39 is 86.9 Å². The van der Waals surface area contributed by atoms with Crippen LogP contribution in [0.5, 0.6) is 0 Å². The van der Waals surface area contributed by atoms with Gasteiger partial charge >= 0.3 is 45.6 Å². The van der Waals surface area contributed by atoms with Crippen molar-refractivity contribution in [1.29, 1.82) is 0 Å². The number of hydrogen-bond donors (Lipinski definition) is 13. The third-order valence-electron chi connectivity index (χ3n) is 3.55. The van der Waals surface area contributed by atoms with Crippen LogP contribution in [0.1, 0.15) is 0 Å². The molecule has 21 nitrogen and oxygen atoms in total. The molecule has 200 valence electrons. The fraction of sp³-hybridized carbons (Fsp3) is 1.00. The number of aliphatic hydroxyl groups excluding tert-OH is 1. The maximum atomic E-state index is 11.7. The highest BCUT2D eigenvalue weighted by atomic mass is 31.2. The van der Waals surface area contributed by atoms with E-state index in [9.17, 15) is 71.6 Å². The second-order valence-electron chi connectivity index (χ2n) is 6.27. The van der Waals surface area contributed by atoms with E-state index in [0.717, 1.165) is 0 Å². The standard InChI is InChI=1S/C6H22N2O19P6/c9-3-7(4(28(10,11)12)29(13,14)15)1-2-8(5(30(16,17)18)31(19,20)21)6(32(22,23)24)33(25,26)27/h4-6,9H,1-3H2,(H2,10,11,12)(H2,13,14,15)(H2,16,17,18)(H2,19,20,21)(H2,22,23,24)(H2,25,26,27). The van der Waals surface area contributed by atoms with E-state index in [-0.39, 0.29) is 4.90 Å². The predicted octanol–water partition coefficient (Wildman–Crippen LogP) is -3.54. The SMILES string of the molecule is O=P(O)(O)C(N(CO)CCN(C(P(=O)(O)O)P(=O)(O)O)C(P(=O)(O)O)P(=O)(O)O)P(=O)(O)O. The maximum absolute atomic E-state index is 11.7. The third kappa shape index (κ3) is 9.98. The first-order chi connectivity index (χ1) is 14.2. The summed E-state index contributed by atoms with van der Waals surface area (Å²) in [5, 5.41) is 9.26. The van der Waals surface area contributed by atoms with Gasteiger partial charge in [-0.15, -0.1) is 0 Å². The van der Waals surface area contributed by atoms with E-state index in [1.807, 2.05) is 0 Å². The second-order valence-corrected chi connectivity index (χ2v) is 17.5. The van der Waals surface area contributed by atoms with Crippen LogP contribution >= 0.6 is 45.6 Å². The summed E-state index contributed by atoms with van der Waals surface area (Å²) in [5.41, 5.74) is -10.4. The Morgan fingerprint density at radius 1 is 0.455 bits per heavy atom. The van der Waals surface area contributed by atoms with Gasteiger partial charge in [-0.3, -0.25) is 37.2 Å². The lowest BCUT2D eigenvalue weighted by molar-refractivity contribution is 0.0828. The van der Waals surface area contributed by atoms with Crippen LogP contribution in [-0.4, -0.2) is 110 Å². The number of rotatable bonds is 13. The van der Waals surface area contributed by atoms with E-state index in [1.165, 1.54) is 0 Å². The maximum Gasteiger partial charge on any atom is 0.355 e. The Morgan fingerprint density at radius 2 is 0.697 bits per heavy atom. The van der Waals surface area contributed by atoms with Gasteiger partial charge in [0.05, 0.1) is 6.73 Å². The van der Waals surface area contributed by atoms with Gasteiger partial charge in [-0.2, -0.15) is 0 Å². The minimum atomic E-state index is -6.22. The highest BCUT2D eigenvalue weighted by Gasteiger charge is 2.58. The Labute approximate surface area is 183 Å². The molecule has 0 aliphatic carbocycles. The zero-order valence-corrected chi connectivity index (χ0v) is 21.1. The predicted molar refractivity (Wildman–Crippen MR) is 104 cm³/mol. The van der Waals surface area contributed by atoms with Crippen molar-refractivity contribution in [3.63, 3.8) is 0 Å².